The first-order valence-electron chi connectivity index (χ1n) is 5.17. The fraction of sp³-hybridized carbons (Fsp3) is 0. The van der Waals surface area contributed by atoms with E-state index in [-0.39, 0.29) is 5.82 Å². The van der Waals surface area contributed by atoms with E-state index in [0.29, 0.717) is 0 Å². The summed E-state index contributed by atoms with van der Waals surface area (Å²) in [5.74, 6) is -0.205. The highest BCUT2D eigenvalue weighted by molar-refractivity contribution is 5.95. The molecule has 16 heavy (non-hydrogen) atoms. The zero-order chi connectivity index (χ0) is 11.0. The third kappa shape index (κ3) is 1.39. The molecule has 0 radical (unpaired) electrons. The van der Waals surface area contributed by atoms with Crippen LogP contribution in [0.15, 0.2) is 54.7 Å². The number of halogens is 1. The normalized spacial score (nSPS) is 10.8. The second-order valence-electron chi connectivity index (χ2n) is 3.75. The van der Waals surface area contributed by atoms with Crippen LogP contribution in [0.4, 0.5) is 4.39 Å². The third-order valence-electron chi connectivity index (χ3n) is 2.74. The summed E-state index contributed by atoms with van der Waals surface area (Å²) >= 11 is 0. The molecular formula is C14H10FN. The Morgan fingerprint density at radius 1 is 0.875 bits per heavy atom. The molecular weight excluding hydrogens is 201 g/mol. The minimum absolute atomic E-state index is 0.205. The largest absolute Gasteiger partial charge is 0.361 e. The van der Waals surface area contributed by atoms with Crippen LogP contribution < -0.4 is 0 Å². The number of fused-ring (bicyclic) bond motifs is 1. The Labute approximate surface area is 92.5 Å². The molecule has 0 aliphatic carbocycles. The molecule has 0 saturated heterocycles. The Balaban J connectivity index is 2.22. The summed E-state index contributed by atoms with van der Waals surface area (Å²) in [6.45, 7) is 0. The maximum absolute atomic E-state index is 12.8. The molecule has 0 aliphatic rings. The maximum Gasteiger partial charge on any atom is 0.123 e. The van der Waals surface area contributed by atoms with Crippen molar-refractivity contribution in [1.29, 1.82) is 0 Å². The first-order valence-corrected chi connectivity index (χ1v) is 5.17. The lowest BCUT2D eigenvalue weighted by Crippen LogP contribution is -1.76. The van der Waals surface area contributed by atoms with Crippen LogP contribution in [-0.4, -0.2) is 4.98 Å². The van der Waals surface area contributed by atoms with E-state index in [1.807, 2.05) is 24.4 Å². The number of hydrogen-bond acceptors (Lipinski definition) is 0. The van der Waals surface area contributed by atoms with Crippen LogP contribution >= 0.6 is 0 Å². The zero-order valence-electron chi connectivity index (χ0n) is 8.57. The van der Waals surface area contributed by atoms with E-state index in [9.17, 15) is 4.39 Å². The monoisotopic (exact) mass is 211 g/mol. The standard InChI is InChI=1S/C14H10FN/c15-11-7-5-10(6-8-11)13-9-16-14-4-2-1-3-12(13)14/h1-9,16H. The van der Waals surface area contributed by atoms with Gasteiger partial charge >= 0.3 is 0 Å². The van der Waals surface area contributed by atoms with Gasteiger partial charge in [-0.3, -0.25) is 0 Å². The molecule has 1 aromatic heterocycles. The van der Waals surface area contributed by atoms with Crippen LogP contribution in [-0.2, 0) is 0 Å². The summed E-state index contributed by atoms with van der Waals surface area (Å²) in [6, 6.07) is 14.6. The molecule has 0 bridgehead atoms. The van der Waals surface area contributed by atoms with E-state index >= 15 is 0 Å². The van der Waals surface area contributed by atoms with Gasteiger partial charge in [-0.1, -0.05) is 30.3 Å². The molecule has 0 atom stereocenters. The quantitative estimate of drug-likeness (QED) is 0.626. The van der Waals surface area contributed by atoms with Crippen LogP contribution in [0.2, 0.25) is 0 Å². The lowest BCUT2D eigenvalue weighted by Gasteiger charge is -1.98. The number of para-hydroxylation sites is 1. The average molecular weight is 211 g/mol. The van der Waals surface area contributed by atoms with Crippen molar-refractivity contribution >= 4 is 10.9 Å². The van der Waals surface area contributed by atoms with Gasteiger partial charge < -0.3 is 4.98 Å². The molecule has 3 aromatic rings. The maximum atomic E-state index is 12.8. The molecule has 1 heterocycles. The summed E-state index contributed by atoms with van der Waals surface area (Å²) < 4.78 is 12.8. The van der Waals surface area contributed by atoms with Crippen molar-refractivity contribution in [1.82, 2.24) is 4.98 Å². The lowest BCUT2D eigenvalue weighted by atomic mass is 10.1. The van der Waals surface area contributed by atoms with Crippen LogP contribution in [0.3, 0.4) is 0 Å². The summed E-state index contributed by atoms with van der Waals surface area (Å²) in [5.41, 5.74) is 3.23. The second kappa shape index (κ2) is 3.49. The topological polar surface area (TPSA) is 15.8 Å². The second-order valence-corrected chi connectivity index (χ2v) is 3.75. The summed E-state index contributed by atoms with van der Waals surface area (Å²) in [4.78, 5) is 3.21. The first-order chi connectivity index (χ1) is 7.84. The van der Waals surface area contributed by atoms with Crippen LogP contribution in [0.5, 0.6) is 0 Å². The molecule has 1 N–H and O–H groups in total. The van der Waals surface area contributed by atoms with Crippen molar-refractivity contribution in [3.8, 4) is 11.1 Å². The van der Waals surface area contributed by atoms with Crippen LogP contribution in [0.25, 0.3) is 22.0 Å². The number of aromatic amines is 1. The van der Waals surface area contributed by atoms with E-state index in [1.54, 1.807) is 12.1 Å². The fourth-order valence-electron chi connectivity index (χ4n) is 1.94. The number of rotatable bonds is 1. The van der Waals surface area contributed by atoms with Gasteiger partial charge in [0.25, 0.3) is 0 Å². The van der Waals surface area contributed by atoms with Gasteiger partial charge in [-0.2, -0.15) is 0 Å². The van der Waals surface area contributed by atoms with Gasteiger partial charge in [0.1, 0.15) is 5.82 Å². The Kier molecular flexibility index (Phi) is 2.00. The minimum atomic E-state index is -0.205. The highest BCUT2D eigenvalue weighted by Crippen LogP contribution is 2.28. The smallest absolute Gasteiger partial charge is 0.123 e. The molecule has 0 aliphatic heterocycles. The van der Waals surface area contributed by atoms with Crippen molar-refractivity contribution in [3.05, 3.63) is 60.5 Å². The lowest BCUT2D eigenvalue weighted by molar-refractivity contribution is 0.628. The molecule has 0 amide bonds. The number of benzene rings is 2. The van der Waals surface area contributed by atoms with Crippen molar-refractivity contribution in [2.45, 2.75) is 0 Å². The van der Waals surface area contributed by atoms with Gasteiger partial charge in [0.05, 0.1) is 0 Å². The predicted octanol–water partition coefficient (Wildman–Crippen LogP) is 3.97. The van der Waals surface area contributed by atoms with Crippen molar-refractivity contribution in [2.75, 3.05) is 0 Å². The summed E-state index contributed by atoms with van der Waals surface area (Å²) in [5, 5.41) is 1.16. The predicted molar refractivity (Wildman–Crippen MR) is 63.7 cm³/mol. The molecule has 78 valence electrons. The molecule has 1 nitrogen and oxygen atoms in total. The van der Waals surface area contributed by atoms with Crippen molar-refractivity contribution < 1.29 is 4.39 Å². The summed E-state index contributed by atoms with van der Waals surface area (Å²) in [6.07, 6.45) is 1.96. The first kappa shape index (κ1) is 9.16. The van der Waals surface area contributed by atoms with Crippen molar-refractivity contribution in [3.63, 3.8) is 0 Å². The van der Waals surface area contributed by atoms with Gasteiger partial charge in [-0.15, -0.1) is 0 Å². The summed E-state index contributed by atoms with van der Waals surface area (Å²) in [7, 11) is 0. The van der Waals surface area contributed by atoms with E-state index in [4.69, 9.17) is 0 Å². The van der Waals surface area contributed by atoms with Gasteiger partial charge in [-0.05, 0) is 23.8 Å². The molecule has 3 rings (SSSR count). The van der Waals surface area contributed by atoms with Crippen molar-refractivity contribution in [2.24, 2.45) is 0 Å². The van der Waals surface area contributed by atoms with E-state index in [0.717, 1.165) is 22.0 Å². The number of H-pyrrole nitrogens is 1. The number of aromatic nitrogens is 1. The fourth-order valence-corrected chi connectivity index (χ4v) is 1.94. The molecule has 0 fully saturated rings. The molecule has 2 heteroatoms. The Hall–Kier alpha value is -2.09. The zero-order valence-corrected chi connectivity index (χ0v) is 8.57. The van der Waals surface area contributed by atoms with Gasteiger partial charge in [0.15, 0.2) is 0 Å². The van der Waals surface area contributed by atoms with E-state index < -0.39 is 0 Å². The minimum Gasteiger partial charge on any atom is -0.361 e. The number of nitrogens with one attached hydrogen (secondary N) is 1. The van der Waals surface area contributed by atoms with E-state index in [1.165, 1.54) is 12.1 Å². The molecule has 2 aromatic carbocycles. The Morgan fingerprint density at radius 2 is 1.62 bits per heavy atom. The van der Waals surface area contributed by atoms with E-state index in [2.05, 4.69) is 11.1 Å². The Morgan fingerprint density at radius 3 is 2.44 bits per heavy atom. The van der Waals surface area contributed by atoms with Crippen LogP contribution in [0, 0.1) is 5.82 Å². The van der Waals surface area contributed by atoms with Gasteiger partial charge in [-0.25, -0.2) is 4.39 Å². The average Bonchev–Trinajstić information content (AvgIpc) is 2.74. The van der Waals surface area contributed by atoms with Gasteiger partial charge in [0.2, 0.25) is 0 Å². The molecule has 0 saturated carbocycles. The highest BCUT2D eigenvalue weighted by Gasteiger charge is 2.04. The molecule has 0 unspecified atom stereocenters. The van der Waals surface area contributed by atoms with Gasteiger partial charge in [0, 0.05) is 22.7 Å². The highest BCUT2D eigenvalue weighted by atomic mass is 19.1. The Bertz CT molecular complexity index is 623. The molecule has 0 spiro atoms. The van der Waals surface area contributed by atoms with Crippen LogP contribution in [0.1, 0.15) is 0 Å². The SMILES string of the molecule is Fc1ccc(-c2c[nH]c3ccccc23)cc1. The third-order valence-corrected chi connectivity index (χ3v) is 2.74. The number of hydrogen-bond donors (Lipinski definition) is 1.